The van der Waals surface area contributed by atoms with E-state index in [1.165, 1.54) is 5.56 Å². The number of aromatic nitrogens is 2. The van der Waals surface area contributed by atoms with Gasteiger partial charge in [0.05, 0.1) is 11.4 Å². The molecule has 1 N–H and O–H groups in total. The molecule has 0 amide bonds. The lowest BCUT2D eigenvalue weighted by atomic mass is 10.1. The van der Waals surface area contributed by atoms with Crippen LogP contribution in [0.1, 0.15) is 18.9 Å². The fraction of sp³-hybridized carbons (Fsp3) is 0.235. The predicted octanol–water partition coefficient (Wildman–Crippen LogP) is 4.13. The van der Waals surface area contributed by atoms with E-state index < -0.39 is 0 Å². The second-order valence-corrected chi connectivity index (χ2v) is 5.10. The molecular formula is C17H19N3. The van der Waals surface area contributed by atoms with Crippen molar-refractivity contribution >= 4 is 11.3 Å². The largest absolute Gasteiger partial charge is 0.384 e. The Hall–Kier alpha value is -2.29. The van der Waals surface area contributed by atoms with Gasteiger partial charge >= 0.3 is 0 Å². The number of pyridine rings is 1. The van der Waals surface area contributed by atoms with Crippen LogP contribution in [0.3, 0.4) is 0 Å². The van der Waals surface area contributed by atoms with E-state index in [4.69, 9.17) is 0 Å². The molecule has 0 saturated carbocycles. The second kappa shape index (κ2) is 5.37. The van der Waals surface area contributed by atoms with Crippen LogP contribution in [0.25, 0.3) is 16.9 Å². The molecule has 1 aromatic carbocycles. The summed E-state index contributed by atoms with van der Waals surface area (Å²) < 4.78 is 2.08. The van der Waals surface area contributed by atoms with Gasteiger partial charge in [0.15, 0.2) is 0 Å². The minimum Gasteiger partial charge on any atom is -0.384 e. The standard InChI is InChI=1S/C17H19N3/c1-3-10-18-15-8-9-17-19-16(12-20(17)11-15)14-6-4-13(2)5-7-14/h4-9,11-12,18H,3,10H2,1-2H3. The van der Waals surface area contributed by atoms with Crippen molar-refractivity contribution in [3.8, 4) is 11.3 Å². The molecule has 0 bridgehead atoms. The topological polar surface area (TPSA) is 29.3 Å². The summed E-state index contributed by atoms with van der Waals surface area (Å²) in [5.41, 5.74) is 5.54. The van der Waals surface area contributed by atoms with Crippen molar-refractivity contribution in [2.75, 3.05) is 11.9 Å². The van der Waals surface area contributed by atoms with Crippen LogP contribution in [0.15, 0.2) is 48.8 Å². The Morgan fingerprint density at radius 2 is 1.85 bits per heavy atom. The minimum absolute atomic E-state index is 0.975. The fourth-order valence-electron chi connectivity index (χ4n) is 2.23. The number of anilines is 1. The van der Waals surface area contributed by atoms with E-state index in [1.54, 1.807) is 0 Å². The van der Waals surface area contributed by atoms with Crippen molar-refractivity contribution in [2.24, 2.45) is 0 Å². The Kier molecular flexibility index (Phi) is 3.42. The summed E-state index contributed by atoms with van der Waals surface area (Å²) in [6, 6.07) is 12.6. The van der Waals surface area contributed by atoms with Gasteiger partial charge in [-0.1, -0.05) is 36.8 Å². The van der Waals surface area contributed by atoms with E-state index in [0.717, 1.165) is 35.6 Å². The predicted molar refractivity (Wildman–Crippen MR) is 84.1 cm³/mol. The van der Waals surface area contributed by atoms with Gasteiger partial charge in [0, 0.05) is 24.5 Å². The van der Waals surface area contributed by atoms with Crippen LogP contribution in [-0.2, 0) is 0 Å². The number of hydrogen-bond acceptors (Lipinski definition) is 2. The van der Waals surface area contributed by atoms with Gasteiger partial charge in [-0.2, -0.15) is 0 Å². The lowest BCUT2D eigenvalue weighted by Gasteiger charge is -2.04. The summed E-state index contributed by atoms with van der Waals surface area (Å²) in [5, 5.41) is 3.39. The number of imidazole rings is 1. The van der Waals surface area contributed by atoms with Crippen LogP contribution in [0, 0.1) is 6.92 Å². The Bertz CT molecular complexity index is 711. The van der Waals surface area contributed by atoms with Gasteiger partial charge in [-0.15, -0.1) is 0 Å². The highest BCUT2D eigenvalue weighted by Gasteiger charge is 2.04. The maximum atomic E-state index is 4.67. The minimum atomic E-state index is 0.975. The van der Waals surface area contributed by atoms with Crippen molar-refractivity contribution < 1.29 is 0 Å². The first-order valence-electron chi connectivity index (χ1n) is 7.06. The summed E-state index contributed by atoms with van der Waals surface area (Å²) in [5.74, 6) is 0. The summed E-state index contributed by atoms with van der Waals surface area (Å²) in [6.07, 6.45) is 5.30. The van der Waals surface area contributed by atoms with Gasteiger partial charge in [-0.3, -0.25) is 0 Å². The van der Waals surface area contributed by atoms with Crippen LogP contribution in [-0.4, -0.2) is 15.9 Å². The second-order valence-electron chi connectivity index (χ2n) is 5.10. The highest BCUT2D eigenvalue weighted by atomic mass is 15.0. The number of nitrogens with one attached hydrogen (secondary N) is 1. The van der Waals surface area contributed by atoms with Crippen molar-refractivity contribution in [3.05, 3.63) is 54.4 Å². The van der Waals surface area contributed by atoms with E-state index in [9.17, 15) is 0 Å². The number of aryl methyl sites for hydroxylation is 1. The van der Waals surface area contributed by atoms with Crippen LogP contribution >= 0.6 is 0 Å². The SMILES string of the molecule is CCCNc1ccc2nc(-c3ccc(C)cc3)cn2c1. The van der Waals surface area contributed by atoms with Gasteiger partial charge in [-0.05, 0) is 25.5 Å². The van der Waals surface area contributed by atoms with E-state index in [0.29, 0.717) is 0 Å². The molecule has 0 aliphatic rings. The molecule has 0 spiro atoms. The highest BCUT2D eigenvalue weighted by Crippen LogP contribution is 2.20. The molecule has 0 atom stereocenters. The van der Waals surface area contributed by atoms with Crippen LogP contribution in [0.2, 0.25) is 0 Å². The molecule has 3 rings (SSSR count). The average molecular weight is 265 g/mol. The number of nitrogens with zero attached hydrogens (tertiary/aromatic N) is 2. The molecule has 3 nitrogen and oxygen atoms in total. The molecular weight excluding hydrogens is 246 g/mol. The van der Waals surface area contributed by atoms with Gasteiger partial charge in [0.2, 0.25) is 0 Å². The third kappa shape index (κ3) is 2.52. The first-order valence-corrected chi connectivity index (χ1v) is 7.06. The normalized spacial score (nSPS) is 10.9. The quantitative estimate of drug-likeness (QED) is 0.768. The van der Waals surface area contributed by atoms with Crippen molar-refractivity contribution in [2.45, 2.75) is 20.3 Å². The monoisotopic (exact) mass is 265 g/mol. The first-order chi connectivity index (χ1) is 9.76. The molecule has 0 unspecified atom stereocenters. The zero-order valence-corrected chi connectivity index (χ0v) is 11.9. The molecule has 0 saturated heterocycles. The zero-order chi connectivity index (χ0) is 13.9. The summed E-state index contributed by atoms with van der Waals surface area (Å²) in [7, 11) is 0. The van der Waals surface area contributed by atoms with Crippen molar-refractivity contribution in [3.63, 3.8) is 0 Å². The number of rotatable bonds is 4. The van der Waals surface area contributed by atoms with Crippen LogP contribution < -0.4 is 5.32 Å². The molecule has 0 fully saturated rings. The number of hydrogen-bond donors (Lipinski definition) is 1. The maximum absolute atomic E-state index is 4.67. The molecule has 0 radical (unpaired) electrons. The molecule has 3 heteroatoms. The molecule has 2 heterocycles. The molecule has 0 aliphatic carbocycles. The Morgan fingerprint density at radius 1 is 1.05 bits per heavy atom. The van der Waals surface area contributed by atoms with E-state index in [-0.39, 0.29) is 0 Å². The van der Waals surface area contributed by atoms with E-state index >= 15 is 0 Å². The average Bonchev–Trinajstić information content (AvgIpc) is 2.89. The molecule has 102 valence electrons. The van der Waals surface area contributed by atoms with Crippen LogP contribution in [0.5, 0.6) is 0 Å². The van der Waals surface area contributed by atoms with Gasteiger partial charge in [0.1, 0.15) is 5.65 Å². The third-order valence-electron chi connectivity index (χ3n) is 3.38. The molecule has 3 aromatic rings. The highest BCUT2D eigenvalue weighted by molar-refractivity contribution is 5.64. The smallest absolute Gasteiger partial charge is 0.137 e. The van der Waals surface area contributed by atoms with Gasteiger partial charge in [-0.25, -0.2) is 4.98 Å². The third-order valence-corrected chi connectivity index (χ3v) is 3.38. The Morgan fingerprint density at radius 3 is 2.60 bits per heavy atom. The Balaban J connectivity index is 1.95. The molecule has 20 heavy (non-hydrogen) atoms. The molecule has 2 aromatic heterocycles. The maximum Gasteiger partial charge on any atom is 0.137 e. The lowest BCUT2D eigenvalue weighted by Crippen LogP contribution is -2.00. The van der Waals surface area contributed by atoms with Crippen molar-refractivity contribution in [1.29, 1.82) is 0 Å². The fourth-order valence-corrected chi connectivity index (χ4v) is 2.23. The zero-order valence-electron chi connectivity index (χ0n) is 11.9. The molecule has 0 aliphatic heterocycles. The van der Waals surface area contributed by atoms with Crippen LogP contribution in [0.4, 0.5) is 5.69 Å². The lowest BCUT2D eigenvalue weighted by molar-refractivity contribution is 0.976. The Labute approximate surface area is 119 Å². The van der Waals surface area contributed by atoms with Gasteiger partial charge < -0.3 is 9.72 Å². The number of fused-ring (bicyclic) bond motifs is 1. The summed E-state index contributed by atoms with van der Waals surface area (Å²) in [6.45, 7) is 5.25. The first kappa shape index (κ1) is 12.7. The van der Waals surface area contributed by atoms with E-state index in [1.807, 2.05) is 0 Å². The summed E-state index contributed by atoms with van der Waals surface area (Å²) >= 11 is 0. The van der Waals surface area contributed by atoms with Gasteiger partial charge in [0.25, 0.3) is 0 Å². The number of benzene rings is 1. The van der Waals surface area contributed by atoms with Crippen molar-refractivity contribution in [1.82, 2.24) is 9.38 Å². The van der Waals surface area contributed by atoms with E-state index in [2.05, 4.69) is 77.3 Å². The summed E-state index contributed by atoms with van der Waals surface area (Å²) in [4.78, 5) is 4.67.